The maximum atomic E-state index is 12.6. The number of pyridine rings is 1. The van der Waals surface area contributed by atoms with Crippen LogP contribution in [0.1, 0.15) is 17.5 Å². The normalized spacial score (nSPS) is 20.0. The lowest BCUT2D eigenvalue weighted by Gasteiger charge is -2.37. The number of methoxy groups -OCH3 is 1. The van der Waals surface area contributed by atoms with Crippen LogP contribution in [0.4, 0.5) is 4.79 Å². The molecule has 1 aliphatic heterocycles. The Kier molecular flexibility index (Phi) is 5.97. The van der Waals surface area contributed by atoms with Crippen molar-refractivity contribution in [1.29, 1.82) is 5.26 Å². The van der Waals surface area contributed by atoms with Gasteiger partial charge in [-0.05, 0) is 31.0 Å². The number of benzene rings is 1. The van der Waals surface area contributed by atoms with E-state index in [2.05, 4.69) is 16.3 Å². The quantitative estimate of drug-likeness (QED) is 0.810. The second-order valence-corrected chi connectivity index (χ2v) is 7.08. The summed E-state index contributed by atoms with van der Waals surface area (Å²) in [6.45, 7) is 4.31. The first kappa shape index (κ1) is 19.9. The topological polar surface area (TPSA) is 108 Å². The van der Waals surface area contributed by atoms with Crippen LogP contribution in [0.3, 0.4) is 0 Å². The van der Waals surface area contributed by atoms with Crippen LogP contribution in [0.5, 0.6) is 0 Å². The number of aromatic nitrogens is 1. The number of likely N-dealkylation sites (tertiary alicyclic amines) is 1. The van der Waals surface area contributed by atoms with Gasteiger partial charge in [0.05, 0.1) is 29.3 Å². The van der Waals surface area contributed by atoms with Crippen LogP contribution in [0, 0.1) is 18.3 Å². The molecule has 2 N–H and O–H groups in total. The maximum Gasteiger partial charge on any atom is 0.404 e. The lowest BCUT2D eigenvalue weighted by Crippen LogP contribution is -2.55. The molecule has 1 amide bonds. The number of amides is 1. The molecular formula is C20H24N4O4. The third kappa shape index (κ3) is 4.16. The van der Waals surface area contributed by atoms with Crippen molar-refractivity contribution in [3.63, 3.8) is 0 Å². The largest absolute Gasteiger partial charge is 0.465 e. The van der Waals surface area contributed by atoms with Crippen LogP contribution in [0.2, 0.25) is 0 Å². The van der Waals surface area contributed by atoms with E-state index in [0.717, 1.165) is 16.5 Å². The monoisotopic (exact) mass is 384 g/mol. The number of nitrogens with one attached hydrogen (secondary N) is 1. The van der Waals surface area contributed by atoms with Gasteiger partial charge in [-0.3, -0.25) is 9.69 Å². The maximum absolute atomic E-state index is 12.6. The minimum absolute atomic E-state index is 0.0918. The predicted octanol–water partition coefficient (Wildman–Crippen LogP) is 1.54. The fraction of sp³-hybridized carbons (Fsp3) is 0.450. The Hall–Kier alpha value is -2.89. The highest BCUT2D eigenvalue weighted by Gasteiger charge is 2.30. The van der Waals surface area contributed by atoms with Crippen molar-refractivity contribution in [2.45, 2.75) is 32.0 Å². The third-order valence-corrected chi connectivity index (χ3v) is 5.34. The van der Waals surface area contributed by atoms with Crippen molar-refractivity contribution in [3.05, 3.63) is 45.7 Å². The van der Waals surface area contributed by atoms with Gasteiger partial charge in [0, 0.05) is 44.7 Å². The first-order valence-corrected chi connectivity index (χ1v) is 9.22. The average molecular weight is 384 g/mol. The van der Waals surface area contributed by atoms with Gasteiger partial charge in [-0.1, -0.05) is 6.07 Å². The molecule has 0 bridgehead atoms. The van der Waals surface area contributed by atoms with Crippen LogP contribution >= 0.6 is 0 Å². The van der Waals surface area contributed by atoms with Gasteiger partial charge in [0.2, 0.25) is 0 Å². The Morgan fingerprint density at radius 1 is 1.39 bits per heavy atom. The van der Waals surface area contributed by atoms with E-state index in [4.69, 9.17) is 9.84 Å². The van der Waals surface area contributed by atoms with Crippen LogP contribution in [0.15, 0.2) is 29.1 Å². The number of nitrogens with zero attached hydrogens (tertiary/aromatic N) is 3. The van der Waals surface area contributed by atoms with Gasteiger partial charge in [0.1, 0.15) is 0 Å². The molecule has 1 aromatic heterocycles. The van der Waals surface area contributed by atoms with E-state index in [1.165, 1.54) is 0 Å². The zero-order valence-corrected chi connectivity index (χ0v) is 16.0. The van der Waals surface area contributed by atoms with E-state index in [9.17, 15) is 14.9 Å². The van der Waals surface area contributed by atoms with Gasteiger partial charge < -0.3 is 19.7 Å². The van der Waals surface area contributed by atoms with Gasteiger partial charge in [-0.25, -0.2) is 4.79 Å². The summed E-state index contributed by atoms with van der Waals surface area (Å²) in [5.74, 6) is 0. The fourth-order valence-electron chi connectivity index (χ4n) is 3.84. The standard InChI is InChI=1S/C20H24N4O4/c1-13-9-19(25)24(17-10-14(11-21)3-4-15(13)17)8-7-23-6-5-16(22-20(26)27)18(12-23)28-2/h3-4,9-10,16,18,22H,5-8,12H2,1-2H3,(H,26,27)/t16-,18+/m0/s1. The molecule has 0 saturated carbocycles. The number of piperidine rings is 1. The van der Waals surface area contributed by atoms with Gasteiger partial charge in [0.25, 0.3) is 5.56 Å². The number of hydrogen-bond acceptors (Lipinski definition) is 5. The summed E-state index contributed by atoms with van der Waals surface area (Å²) >= 11 is 0. The Balaban J connectivity index is 1.78. The highest BCUT2D eigenvalue weighted by Crippen LogP contribution is 2.19. The number of carbonyl (C=O) groups is 1. The first-order valence-electron chi connectivity index (χ1n) is 9.22. The molecule has 1 aliphatic rings. The minimum Gasteiger partial charge on any atom is -0.465 e. The number of hydrogen-bond donors (Lipinski definition) is 2. The Bertz CT molecular complexity index is 979. The van der Waals surface area contributed by atoms with Crippen molar-refractivity contribution in [2.24, 2.45) is 0 Å². The van der Waals surface area contributed by atoms with Crippen molar-refractivity contribution < 1.29 is 14.6 Å². The average Bonchev–Trinajstić information content (AvgIpc) is 2.67. The third-order valence-electron chi connectivity index (χ3n) is 5.34. The van der Waals surface area contributed by atoms with Gasteiger partial charge in [-0.2, -0.15) is 5.26 Å². The number of carboxylic acid groups (broad SMARTS) is 1. The van der Waals surface area contributed by atoms with E-state index >= 15 is 0 Å². The summed E-state index contributed by atoms with van der Waals surface area (Å²) in [6.07, 6.45) is -0.638. The molecule has 2 heterocycles. The van der Waals surface area contributed by atoms with Gasteiger partial charge in [0.15, 0.2) is 0 Å². The molecule has 0 aliphatic carbocycles. The molecule has 2 aromatic rings. The lowest BCUT2D eigenvalue weighted by molar-refractivity contribution is 0.00609. The zero-order chi connectivity index (χ0) is 20.3. The predicted molar refractivity (Wildman–Crippen MR) is 104 cm³/mol. The van der Waals surface area contributed by atoms with Gasteiger partial charge >= 0.3 is 6.09 Å². The molecule has 148 valence electrons. The summed E-state index contributed by atoms with van der Waals surface area (Å²) in [4.78, 5) is 25.7. The highest BCUT2D eigenvalue weighted by atomic mass is 16.5. The second-order valence-electron chi connectivity index (χ2n) is 7.08. The smallest absolute Gasteiger partial charge is 0.404 e. The van der Waals surface area contributed by atoms with Crippen molar-refractivity contribution in [2.75, 3.05) is 26.7 Å². The van der Waals surface area contributed by atoms with Crippen molar-refractivity contribution >= 4 is 17.0 Å². The number of fused-ring (bicyclic) bond motifs is 1. The molecule has 8 nitrogen and oxygen atoms in total. The van der Waals surface area contributed by atoms with E-state index in [1.54, 1.807) is 29.9 Å². The van der Waals surface area contributed by atoms with E-state index in [0.29, 0.717) is 38.2 Å². The van der Waals surface area contributed by atoms with Crippen molar-refractivity contribution in [3.8, 4) is 6.07 Å². The Labute approximate surface area is 162 Å². The van der Waals surface area contributed by atoms with E-state index in [1.807, 2.05) is 13.0 Å². The van der Waals surface area contributed by atoms with Gasteiger partial charge in [-0.15, -0.1) is 0 Å². The molecule has 1 aromatic carbocycles. The summed E-state index contributed by atoms with van der Waals surface area (Å²) < 4.78 is 7.16. The Morgan fingerprint density at radius 3 is 2.86 bits per heavy atom. The molecule has 28 heavy (non-hydrogen) atoms. The van der Waals surface area contributed by atoms with Crippen LogP contribution in [-0.2, 0) is 11.3 Å². The molecule has 8 heteroatoms. The van der Waals surface area contributed by atoms with Crippen LogP contribution < -0.4 is 10.9 Å². The van der Waals surface area contributed by atoms with Crippen LogP contribution in [0.25, 0.3) is 10.9 Å². The summed E-state index contributed by atoms with van der Waals surface area (Å²) in [5.41, 5.74) is 2.08. The first-order chi connectivity index (χ1) is 13.4. The molecule has 2 atom stereocenters. The number of nitriles is 1. The van der Waals surface area contributed by atoms with Crippen LogP contribution in [-0.4, -0.2) is 59.6 Å². The molecule has 0 unspecified atom stereocenters. The summed E-state index contributed by atoms with van der Waals surface area (Å²) in [7, 11) is 1.58. The molecule has 0 radical (unpaired) electrons. The molecule has 1 saturated heterocycles. The number of aryl methyl sites for hydroxylation is 1. The summed E-state index contributed by atoms with van der Waals surface area (Å²) in [6, 6.07) is 8.90. The SMILES string of the molecule is CO[C@@H]1CN(CCn2c(=O)cc(C)c3ccc(C#N)cc32)CC[C@@H]1NC(=O)O. The van der Waals surface area contributed by atoms with E-state index in [-0.39, 0.29) is 17.7 Å². The summed E-state index contributed by atoms with van der Waals surface area (Å²) in [5, 5.41) is 21.6. The zero-order valence-electron chi connectivity index (χ0n) is 16.0. The molecule has 0 spiro atoms. The minimum atomic E-state index is -1.05. The number of rotatable bonds is 5. The fourth-order valence-corrected chi connectivity index (χ4v) is 3.84. The lowest BCUT2D eigenvalue weighted by atomic mass is 10.0. The van der Waals surface area contributed by atoms with Crippen molar-refractivity contribution in [1.82, 2.24) is 14.8 Å². The highest BCUT2D eigenvalue weighted by molar-refractivity contribution is 5.83. The number of ether oxygens (including phenoxy) is 1. The Morgan fingerprint density at radius 2 is 2.18 bits per heavy atom. The second kappa shape index (κ2) is 8.42. The molecule has 3 rings (SSSR count). The molecular weight excluding hydrogens is 360 g/mol. The van der Waals surface area contributed by atoms with E-state index < -0.39 is 6.09 Å². The molecule has 1 fully saturated rings.